The monoisotopic (exact) mass is 347 g/mol. The fraction of sp³-hybridized carbons (Fsp3) is 0.333. The summed E-state index contributed by atoms with van der Waals surface area (Å²) in [5.74, 6) is -0.0428. The smallest absolute Gasteiger partial charge is 0.219 e. The summed E-state index contributed by atoms with van der Waals surface area (Å²) in [7, 11) is 0. The molecule has 0 N–H and O–H groups in total. The summed E-state index contributed by atoms with van der Waals surface area (Å²) in [4.78, 5) is 21.6. The maximum atomic E-state index is 12.5. The number of ketones is 1. The lowest BCUT2D eigenvalue weighted by Gasteiger charge is -2.32. The van der Waals surface area contributed by atoms with Crippen LogP contribution in [-0.2, 0) is 4.79 Å². The van der Waals surface area contributed by atoms with Crippen LogP contribution in [0.15, 0.2) is 35.5 Å². The fourth-order valence-corrected chi connectivity index (χ4v) is 3.71. The number of pyridine rings is 1. The average molecular weight is 347 g/mol. The molecule has 0 bridgehead atoms. The number of ether oxygens (including phenoxy) is 1. The first-order valence-corrected chi connectivity index (χ1v) is 8.65. The third kappa shape index (κ3) is 2.99. The normalized spacial score (nSPS) is 18.5. The predicted octanol–water partition coefficient (Wildman–Crippen LogP) is 4.10. The lowest BCUT2D eigenvalue weighted by atomic mass is 9.73. The number of nitriles is 1. The summed E-state index contributed by atoms with van der Waals surface area (Å²) in [5, 5.41) is 9.16. The second kappa shape index (κ2) is 7.09. The zero-order valence-electron chi connectivity index (χ0n) is 15.4. The Morgan fingerprint density at radius 2 is 2.08 bits per heavy atom. The van der Waals surface area contributed by atoms with Gasteiger partial charge in [-0.2, -0.15) is 5.26 Å². The van der Waals surface area contributed by atoms with Crippen molar-refractivity contribution in [3.05, 3.63) is 52.7 Å². The third-order valence-electron chi connectivity index (χ3n) is 4.77. The van der Waals surface area contributed by atoms with Crippen LogP contribution in [-0.4, -0.2) is 23.1 Å². The zero-order valence-corrected chi connectivity index (χ0v) is 15.4. The Bertz CT molecular complexity index is 941. The molecule has 3 rings (SSSR count). The molecule has 1 aliphatic heterocycles. The molecule has 0 aliphatic carbocycles. The molecule has 5 heteroatoms. The van der Waals surface area contributed by atoms with Crippen molar-refractivity contribution in [1.29, 1.82) is 5.26 Å². The molecular formula is C21H21N3O2. The van der Waals surface area contributed by atoms with Gasteiger partial charge in [0.25, 0.3) is 0 Å². The quantitative estimate of drug-likeness (QED) is 0.834. The van der Waals surface area contributed by atoms with Crippen LogP contribution in [0.5, 0.6) is 5.88 Å². The number of benzene rings is 1. The predicted molar refractivity (Wildman–Crippen MR) is 100 cm³/mol. The molecule has 0 fully saturated rings. The van der Waals surface area contributed by atoms with E-state index in [1.807, 2.05) is 39.0 Å². The van der Waals surface area contributed by atoms with E-state index in [2.05, 4.69) is 16.0 Å². The lowest BCUT2D eigenvalue weighted by molar-refractivity contribution is -0.119. The van der Waals surface area contributed by atoms with Gasteiger partial charge in [0.05, 0.1) is 29.8 Å². The van der Waals surface area contributed by atoms with Gasteiger partial charge < -0.3 is 4.74 Å². The largest absolute Gasteiger partial charge is 0.478 e. The van der Waals surface area contributed by atoms with Crippen LogP contribution in [0.2, 0.25) is 0 Å². The Kier molecular flexibility index (Phi) is 4.85. The number of aliphatic imine (C=N–C) groups is 1. The number of nitrogens with zero attached hydrogens (tertiary/aromatic N) is 3. The highest BCUT2D eigenvalue weighted by Crippen LogP contribution is 2.47. The number of hydrogen-bond donors (Lipinski definition) is 0. The molecule has 5 nitrogen and oxygen atoms in total. The first kappa shape index (κ1) is 17.8. The molecular weight excluding hydrogens is 326 g/mol. The number of Topliss-reactive ketones (excluding diaryl/α,β-unsaturated/α-hetero) is 1. The molecule has 2 unspecified atom stereocenters. The highest BCUT2D eigenvalue weighted by Gasteiger charge is 2.38. The van der Waals surface area contributed by atoms with Crippen molar-refractivity contribution in [3.8, 4) is 11.9 Å². The van der Waals surface area contributed by atoms with Gasteiger partial charge in [-0.3, -0.25) is 9.79 Å². The molecule has 1 aliphatic rings. The SMILES string of the molecule is CCOc1nccc2c1C(c1ccc(C#N)cc1C)C(C(C)=O)C(C)=N2. The summed E-state index contributed by atoms with van der Waals surface area (Å²) >= 11 is 0. The molecule has 0 saturated carbocycles. The second-order valence-electron chi connectivity index (χ2n) is 6.48. The molecule has 0 spiro atoms. The van der Waals surface area contributed by atoms with Crippen LogP contribution >= 0.6 is 0 Å². The summed E-state index contributed by atoms with van der Waals surface area (Å²) < 4.78 is 5.76. The van der Waals surface area contributed by atoms with Gasteiger partial charge in [0.15, 0.2) is 0 Å². The van der Waals surface area contributed by atoms with Crippen LogP contribution in [0.4, 0.5) is 5.69 Å². The van der Waals surface area contributed by atoms with E-state index in [0.717, 1.165) is 28.1 Å². The van der Waals surface area contributed by atoms with Crippen molar-refractivity contribution >= 4 is 17.2 Å². The van der Waals surface area contributed by atoms with Crippen LogP contribution in [0.1, 0.15) is 48.9 Å². The summed E-state index contributed by atoms with van der Waals surface area (Å²) in [6.07, 6.45) is 1.68. The van der Waals surface area contributed by atoms with Crippen LogP contribution in [0.3, 0.4) is 0 Å². The number of fused-ring (bicyclic) bond motifs is 1. The van der Waals surface area contributed by atoms with E-state index in [4.69, 9.17) is 10.00 Å². The first-order chi connectivity index (χ1) is 12.5. The molecule has 0 amide bonds. The molecule has 1 aromatic heterocycles. The molecule has 2 aromatic rings. The second-order valence-corrected chi connectivity index (χ2v) is 6.48. The fourth-order valence-electron chi connectivity index (χ4n) is 3.71. The van der Waals surface area contributed by atoms with Crippen molar-refractivity contribution in [1.82, 2.24) is 4.98 Å². The van der Waals surface area contributed by atoms with Crippen LogP contribution in [0, 0.1) is 24.2 Å². The molecule has 0 saturated heterocycles. The highest BCUT2D eigenvalue weighted by molar-refractivity contribution is 6.07. The Hall–Kier alpha value is -3.00. The van der Waals surface area contributed by atoms with Gasteiger partial charge in [0.2, 0.25) is 5.88 Å². The summed E-state index contributed by atoms with van der Waals surface area (Å²) in [5.41, 5.74) is 4.97. The van der Waals surface area contributed by atoms with Crippen molar-refractivity contribution in [2.45, 2.75) is 33.6 Å². The van der Waals surface area contributed by atoms with Crippen molar-refractivity contribution < 1.29 is 9.53 Å². The minimum absolute atomic E-state index is 0.0527. The first-order valence-electron chi connectivity index (χ1n) is 8.65. The van der Waals surface area contributed by atoms with E-state index in [1.165, 1.54) is 0 Å². The molecule has 26 heavy (non-hydrogen) atoms. The minimum Gasteiger partial charge on any atom is -0.478 e. The van der Waals surface area contributed by atoms with Gasteiger partial charge in [-0.15, -0.1) is 0 Å². The van der Waals surface area contributed by atoms with E-state index in [0.29, 0.717) is 18.1 Å². The highest BCUT2D eigenvalue weighted by atomic mass is 16.5. The number of aryl methyl sites for hydroxylation is 1. The van der Waals surface area contributed by atoms with Gasteiger partial charge in [0, 0.05) is 23.4 Å². The van der Waals surface area contributed by atoms with E-state index >= 15 is 0 Å². The van der Waals surface area contributed by atoms with E-state index in [1.54, 1.807) is 19.2 Å². The number of rotatable bonds is 4. The maximum Gasteiger partial charge on any atom is 0.219 e. The number of carbonyl (C=O) groups excluding carboxylic acids is 1. The Morgan fingerprint density at radius 1 is 1.31 bits per heavy atom. The van der Waals surface area contributed by atoms with Crippen molar-refractivity contribution in [3.63, 3.8) is 0 Å². The molecule has 0 radical (unpaired) electrons. The lowest BCUT2D eigenvalue weighted by Crippen LogP contribution is -2.31. The zero-order chi connectivity index (χ0) is 18.8. The standard InChI is InChI=1S/C21H21N3O2/c1-5-26-21-20-17(8-9-23-21)24-13(3)18(14(4)25)19(20)16-7-6-15(11-22)10-12(16)2/h6-10,18-19H,5H2,1-4H3. The third-order valence-corrected chi connectivity index (χ3v) is 4.77. The van der Waals surface area contributed by atoms with Gasteiger partial charge in [-0.1, -0.05) is 6.07 Å². The summed E-state index contributed by atoms with van der Waals surface area (Å²) in [6, 6.07) is 9.58. The topological polar surface area (TPSA) is 75.3 Å². The van der Waals surface area contributed by atoms with Crippen molar-refractivity contribution in [2.24, 2.45) is 10.9 Å². The minimum atomic E-state index is -0.377. The maximum absolute atomic E-state index is 12.5. The van der Waals surface area contributed by atoms with Crippen molar-refractivity contribution in [2.75, 3.05) is 6.61 Å². The van der Waals surface area contributed by atoms with Gasteiger partial charge >= 0.3 is 0 Å². The van der Waals surface area contributed by atoms with E-state index in [9.17, 15) is 4.79 Å². The van der Waals surface area contributed by atoms with E-state index in [-0.39, 0.29) is 17.6 Å². The Balaban J connectivity index is 2.29. The molecule has 132 valence electrons. The van der Waals surface area contributed by atoms with Crippen LogP contribution in [0.25, 0.3) is 0 Å². The molecule has 2 heterocycles. The average Bonchev–Trinajstić information content (AvgIpc) is 2.60. The Labute approximate surface area is 153 Å². The van der Waals surface area contributed by atoms with E-state index < -0.39 is 0 Å². The van der Waals surface area contributed by atoms with Gasteiger partial charge in [-0.05, 0) is 57.0 Å². The number of carbonyl (C=O) groups is 1. The van der Waals surface area contributed by atoms with Gasteiger partial charge in [-0.25, -0.2) is 4.98 Å². The van der Waals surface area contributed by atoms with Gasteiger partial charge in [0.1, 0.15) is 5.78 Å². The molecule has 1 aromatic carbocycles. The Morgan fingerprint density at radius 3 is 2.69 bits per heavy atom. The summed E-state index contributed by atoms with van der Waals surface area (Å²) in [6.45, 7) is 7.84. The van der Waals surface area contributed by atoms with Crippen LogP contribution < -0.4 is 4.74 Å². The number of aromatic nitrogens is 1. The number of hydrogen-bond acceptors (Lipinski definition) is 5. The molecule has 2 atom stereocenters.